The van der Waals surface area contributed by atoms with Crippen molar-refractivity contribution in [3.8, 4) is 0 Å². The molecule has 0 aromatic heterocycles. The molecule has 1 heterocycles. The van der Waals surface area contributed by atoms with Crippen LogP contribution >= 0.6 is 0 Å². The Labute approximate surface area is 128 Å². The summed E-state index contributed by atoms with van der Waals surface area (Å²) in [5.74, 6) is 2.81. The van der Waals surface area contributed by atoms with Gasteiger partial charge in [-0.05, 0) is 62.4 Å². The Morgan fingerprint density at radius 1 is 1.05 bits per heavy atom. The summed E-state index contributed by atoms with van der Waals surface area (Å²) in [6, 6.07) is 0. The maximum atomic E-state index is 6.68. The summed E-state index contributed by atoms with van der Waals surface area (Å²) in [6.45, 7) is 10.5. The Kier molecular flexibility index (Phi) is 3.26. The molecule has 1 saturated heterocycles. The highest BCUT2D eigenvalue weighted by atomic mass is 17.2. The quantitative estimate of drug-likeness (QED) is 0.567. The van der Waals surface area contributed by atoms with Gasteiger partial charge in [0.15, 0.2) is 0 Å². The molecule has 2 atom stereocenters. The summed E-state index contributed by atoms with van der Waals surface area (Å²) in [7, 11) is 0. The number of hydrogen-bond acceptors (Lipinski definition) is 3. The van der Waals surface area contributed by atoms with Gasteiger partial charge in [-0.2, -0.15) is 4.89 Å². The van der Waals surface area contributed by atoms with E-state index in [1.807, 2.05) is 6.92 Å². The molecule has 3 heteroatoms. The smallest absolute Gasteiger partial charge is 0.207 e. The molecule has 0 amide bonds. The van der Waals surface area contributed by atoms with Gasteiger partial charge in [-0.25, -0.2) is 4.89 Å². The number of ether oxygens (including phenoxy) is 1. The third-order valence-corrected chi connectivity index (χ3v) is 6.32. The van der Waals surface area contributed by atoms with Crippen LogP contribution < -0.4 is 0 Å². The zero-order valence-electron chi connectivity index (χ0n) is 13.5. The van der Waals surface area contributed by atoms with Gasteiger partial charge in [-0.3, -0.25) is 0 Å². The Hall–Kier alpha value is -0.380. The number of rotatable bonds is 2. The third-order valence-electron chi connectivity index (χ3n) is 6.32. The Balaban J connectivity index is 1.62. The average molecular weight is 292 g/mol. The molecule has 0 N–H and O–H groups in total. The average Bonchev–Trinajstić information content (AvgIpc) is 2.43. The van der Waals surface area contributed by atoms with Crippen molar-refractivity contribution in [1.29, 1.82) is 0 Å². The minimum atomic E-state index is -0.464. The van der Waals surface area contributed by atoms with Gasteiger partial charge >= 0.3 is 0 Å². The van der Waals surface area contributed by atoms with Crippen molar-refractivity contribution < 1.29 is 14.5 Å². The topological polar surface area (TPSA) is 27.7 Å². The van der Waals surface area contributed by atoms with E-state index < -0.39 is 5.79 Å². The molecule has 2 unspecified atom stereocenters. The lowest BCUT2D eigenvalue weighted by molar-refractivity contribution is -0.536. The van der Waals surface area contributed by atoms with Gasteiger partial charge in [0.25, 0.3) is 0 Å². The van der Waals surface area contributed by atoms with E-state index in [2.05, 4.69) is 20.4 Å². The summed E-state index contributed by atoms with van der Waals surface area (Å²) in [6.07, 6.45) is 6.42. The van der Waals surface area contributed by atoms with Crippen molar-refractivity contribution in [3.63, 3.8) is 0 Å². The second kappa shape index (κ2) is 4.81. The molecule has 118 valence electrons. The predicted molar refractivity (Wildman–Crippen MR) is 80.3 cm³/mol. The largest absolute Gasteiger partial charge is 0.340 e. The van der Waals surface area contributed by atoms with Gasteiger partial charge in [-0.15, -0.1) is 0 Å². The van der Waals surface area contributed by atoms with Crippen molar-refractivity contribution >= 4 is 0 Å². The van der Waals surface area contributed by atoms with E-state index in [0.29, 0.717) is 17.8 Å². The fourth-order valence-electron chi connectivity index (χ4n) is 5.49. The lowest BCUT2D eigenvalue weighted by Gasteiger charge is -2.61. The lowest BCUT2D eigenvalue weighted by Crippen LogP contribution is -2.65. The van der Waals surface area contributed by atoms with Crippen molar-refractivity contribution in [1.82, 2.24) is 0 Å². The fourth-order valence-corrected chi connectivity index (χ4v) is 5.49. The second-order valence-corrected chi connectivity index (χ2v) is 8.30. The molecule has 5 rings (SSSR count). The number of hydrogen-bond donors (Lipinski definition) is 0. The fraction of sp³-hybridized carbons (Fsp3) is 0.889. The predicted octanol–water partition coefficient (Wildman–Crippen LogP) is 4.09. The van der Waals surface area contributed by atoms with Crippen molar-refractivity contribution in [2.45, 2.75) is 70.9 Å². The van der Waals surface area contributed by atoms with Gasteiger partial charge in [0.1, 0.15) is 6.10 Å². The van der Waals surface area contributed by atoms with E-state index in [1.54, 1.807) is 0 Å². The standard InChI is InChI=1S/C18H28O3/c1-10(2)16-17(11(3)4)20-21-18(19-16)14-6-12-5-13(8-14)9-15(18)7-12/h10,12-17H,3,5-9H2,1-2,4H3. The summed E-state index contributed by atoms with van der Waals surface area (Å²) >= 11 is 0. The monoisotopic (exact) mass is 292 g/mol. The highest BCUT2D eigenvalue weighted by molar-refractivity contribution is 5.08. The molecule has 4 aliphatic carbocycles. The van der Waals surface area contributed by atoms with Crippen LogP contribution in [0.4, 0.5) is 0 Å². The second-order valence-electron chi connectivity index (χ2n) is 8.30. The van der Waals surface area contributed by atoms with Crippen LogP contribution in [0.5, 0.6) is 0 Å². The van der Waals surface area contributed by atoms with E-state index in [9.17, 15) is 0 Å². The van der Waals surface area contributed by atoms with Crippen LogP contribution in [0.1, 0.15) is 52.9 Å². The molecule has 0 radical (unpaired) electrons. The summed E-state index contributed by atoms with van der Waals surface area (Å²) in [5.41, 5.74) is 0.993. The van der Waals surface area contributed by atoms with E-state index in [4.69, 9.17) is 14.5 Å². The Morgan fingerprint density at radius 2 is 1.62 bits per heavy atom. The van der Waals surface area contributed by atoms with Gasteiger partial charge < -0.3 is 4.74 Å². The third kappa shape index (κ3) is 2.04. The zero-order valence-corrected chi connectivity index (χ0v) is 13.5. The maximum absolute atomic E-state index is 6.68. The van der Waals surface area contributed by atoms with Gasteiger partial charge in [-0.1, -0.05) is 20.4 Å². The highest BCUT2D eigenvalue weighted by Gasteiger charge is 2.63. The molecule has 3 nitrogen and oxygen atoms in total. The first-order valence-corrected chi connectivity index (χ1v) is 8.67. The van der Waals surface area contributed by atoms with Gasteiger partial charge in [0.05, 0.1) is 6.10 Å². The Bertz CT molecular complexity index is 414. The highest BCUT2D eigenvalue weighted by Crippen LogP contribution is 2.61. The van der Waals surface area contributed by atoms with E-state index in [1.165, 1.54) is 32.1 Å². The molecular weight excluding hydrogens is 264 g/mol. The van der Waals surface area contributed by atoms with Gasteiger partial charge in [0, 0.05) is 11.8 Å². The first-order chi connectivity index (χ1) is 9.99. The molecule has 5 fully saturated rings. The van der Waals surface area contributed by atoms with Crippen LogP contribution in [-0.2, 0) is 14.5 Å². The summed E-state index contributed by atoms with van der Waals surface area (Å²) in [5, 5.41) is 0. The van der Waals surface area contributed by atoms with Gasteiger partial charge in [0.2, 0.25) is 5.79 Å². The van der Waals surface area contributed by atoms with Crippen molar-refractivity contribution in [2.24, 2.45) is 29.6 Å². The normalized spacial score (nSPS) is 51.8. The molecular formula is C18H28O3. The molecule has 1 aliphatic heterocycles. The van der Waals surface area contributed by atoms with Crippen LogP contribution in [-0.4, -0.2) is 18.0 Å². The summed E-state index contributed by atoms with van der Waals surface area (Å²) < 4.78 is 6.68. The van der Waals surface area contributed by atoms with E-state index in [-0.39, 0.29) is 12.2 Å². The van der Waals surface area contributed by atoms with Crippen molar-refractivity contribution in [3.05, 3.63) is 12.2 Å². The van der Waals surface area contributed by atoms with Crippen LogP contribution in [0.25, 0.3) is 0 Å². The molecule has 0 aromatic carbocycles. The van der Waals surface area contributed by atoms with Crippen LogP contribution in [0.15, 0.2) is 12.2 Å². The molecule has 4 bridgehead atoms. The SMILES string of the molecule is C=C(C)C1OOC2(OC1C(C)C)C1CC3CC(C1)CC2C3. The zero-order chi connectivity index (χ0) is 14.8. The molecule has 0 aromatic rings. The van der Waals surface area contributed by atoms with E-state index in [0.717, 1.165) is 17.4 Å². The van der Waals surface area contributed by atoms with E-state index >= 15 is 0 Å². The molecule has 5 aliphatic rings. The van der Waals surface area contributed by atoms with Crippen LogP contribution in [0.3, 0.4) is 0 Å². The first-order valence-electron chi connectivity index (χ1n) is 8.67. The Morgan fingerprint density at radius 3 is 2.10 bits per heavy atom. The van der Waals surface area contributed by atoms with Crippen LogP contribution in [0, 0.1) is 29.6 Å². The maximum Gasteiger partial charge on any atom is 0.207 e. The minimum Gasteiger partial charge on any atom is -0.340 e. The first kappa shape index (κ1) is 14.2. The summed E-state index contributed by atoms with van der Waals surface area (Å²) in [4.78, 5) is 11.9. The molecule has 4 saturated carbocycles. The molecule has 21 heavy (non-hydrogen) atoms. The minimum absolute atomic E-state index is 0.0637. The molecule has 1 spiro atoms. The van der Waals surface area contributed by atoms with Crippen LogP contribution in [0.2, 0.25) is 0 Å². The van der Waals surface area contributed by atoms with Crippen molar-refractivity contribution in [2.75, 3.05) is 0 Å². The lowest BCUT2D eigenvalue weighted by atomic mass is 9.53.